The number of halogens is 1. The van der Waals surface area contributed by atoms with Crippen LogP contribution in [0, 0.1) is 11.7 Å². The van der Waals surface area contributed by atoms with E-state index in [9.17, 15) is 4.39 Å². The van der Waals surface area contributed by atoms with Crippen LogP contribution >= 0.6 is 0 Å². The fraction of sp³-hybridized carbons (Fsp3) is 0.765. The van der Waals surface area contributed by atoms with Crippen LogP contribution in [0.2, 0.25) is 0 Å². The van der Waals surface area contributed by atoms with E-state index in [4.69, 9.17) is 4.74 Å². The van der Waals surface area contributed by atoms with E-state index in [2.05, 4.69) is 15.3 Å². The lowest BCUT2D eigenvalue weighted by molar-refractivity contribution is 0.0775. The largest absolute Gasteiger partial charge is 0.381 e. The summed E-state index contributed by atoms with van der Waals surface area (Å²) in [6, 6.07) is 0.651. The van der Waals surface area contributed by atoms with Gasteiger partial charge in [-0.05, 0) is 57.4 Å². The van der Waals surface area contributed by atoms with E-state index in [1.165, 1.54) is 31.7 Å². The Balaban J connectivity index is 1.35. The zero-order valence-electron chi connectivity index (χ0n) is 13.1. The Labute approximate surface area is 131 Å². The van der Waals surface area contributed by atoms with Crippen molar-refractivity contribution in [2.45, 2.75) is 56.9 Å². The van der Waals surface area contributed by atoms with Gasteiger partial charge in [-0.3, -0.25) is 0 Å². The van der Waals surface area contributed by atoms with Crippen LogP contribution < -0.4 is 5.32 Å². The Morgan fingerprint density at radius 3 is 2.41 bits per heavy atom. The first kappa shape index (κ1) is 15.8. The van der Waals surface area contributed by atoms with Gasteiger partial charge in [0.1, 0.15) is 5.82 Å². The molecule has 0 unspecified atom stereocenters. The topological polar surface area (TPSA) is 47.0 Å². The third-order valence-electron chi connectivity index (χ3n) is 5.06. The molecule has 1 N–H and O–H groups in total. The van der Waals surface area contributed by atoms with E-state index in [1.54, 1.807) is 0 Å². The van der Waals surface area contributed by atoms with Crippen molar-refractivity contribution in [3.8, 4) is 0 Å². The van der Waals surface area contributed by atoms with E-state index < -0.39 is 0 Å². The number of hydrogen-bond acceptors (Lipinski definition) is 4. The SMILES string of the molecule is Fc1cnc([C@H]2CC[C@H](CCNC3CCOCC3)CC2)nc1. The first-order valence-electron chi connectivity index (χ1n) is 8.60. The van der Waals surface area contributed by atoms with E-state index in [0.717, 1.165) is 57.2 Å². The molecule has 1 saturated heterocycles. The van der Waals surface area contributed by atoms with Gasteiger partial charge in [0.05, 0.1) is 12.4 Å². The van der Waals surface area contributed by atoms with Gasteiger partial charge in [0.15, 0.2) is 5.82 Å². The lowest BCUT2D eigenvalue weighted by atomic mass is 9.80. The highest BCUT2D eigenvalue weighted by Crippen LogP contribution is 2.35. The van der Waals surface area contributed by atoms with Crippen LogP contribution in [-0.4, -0.2) is 35.8 Å². The molecule has 0 spiro atoms. The molecule has 0 atom stereocenters. The molecule has 2 aliphatic rings. The van der Waals surface area contributed by atoms with Gasteiger partial charge in [0.2, 0.25) is 0 Å². The molecule has 1 saturated carbocycles. The first-order chi connectivity index (χ1) is 10.8. The van der Waals surface area contributed by atoms with Crippen molar-refractivity contribution in [1.29, 1.82) is 0 Å². The Bertz CT molecular complexity index is 440. The van der Waals surface area contributed by atoms with Crippen molar-refractivity contribution >= 4 is 0 Å². The first-order valence-corrected chi connectivity index (χ1v) is 8.60. The smallest absolute Gasteiger partial charge is 0.159 e. The predicted molar refractivity (Wildman–Crippen MR) is 83.1 cm³/mol. The summed E-state index contributed by atoms with van der Waals surface area (Å²) in [5.41, 5.74) is 0. The molecule has 3 rings (SSSR count). The molecule has 0 radical (unpaired) electrons. The van der Waals surface area contributed by atoms with Crippen molar-refractivity contribution in [3.63, 3.8) is 0 Å². The van der Waals surface area contributed by atoms with Crippen molar-refractivity contribution < 1.29 is 9.13 Å². The molecule has 1 aliphatic heterocycles. The Hall–Kier alpha value is -1.07. The molecule has 0 amide bonds. The summed E-state index contributed by atoms with van der Waals surface area (Å²) in [5.74, 6) is 1.70. The maximum atomic E-state index is 12.9. The van der Waals surface area contributed by atoms with Crippen molar-refractivity contribution in [2.24, 2.45) is 5.92 Å². The van der Waals surface area contributed by atoms with E-state index in [-0.39, 0.29) is 5.82 Å². The average Bonchev–Trinajstić information content (AvgIpc) is 2.57. The molecule has 1 aliphatic carbocycles. The van der Waals surface area contributed by atoms with Crippen LogP contribution in [0.25, 0.3) is 0 Å². The molecule has 0 aromatic carbocycles. The minimum atomic E-state index is -0.350. The van der Waals surface area contributed by atoms with Crippen LogP contribution in [-0.2, 0) is 4.74 Å². The summed E-state index contributed by atoms with van der Waals surface area (Å²) in [5, 5.41) is 3.67. The van der Waals surface area contributed by atoms with Gasteiger partial charge in [-0.25, -0.2) is 14.4 Å². The highest BCUT2D eigenvalue weighted by molar-refractivity contribution is 5.00. The number of ether oxygens (including phenoxy) is 1. The molecule has 5 heteroatoms. The van der Waals surface area contributed by atoms with Crippen LogP contribution in [0.15, 0.2) is 12.4 Å². The van der Waals surface area contributed by atoms with E-state index in [1.807, 2.05) is 0 Å². The molecular formula is C17H26FN3O. The number of rotatable bonds is 5. The molecule has 122 valence electrons. The fourth-order valence-electron chi connectivity index (χ4n) is 3.64. The molecule has 1 aromatic rings. The molecule has 2 fully saturated rings. The monoisotopic (exact) mass is 307 g/mol. The Morgan fingerprint density at radius 2 is 1.73 bits per heavy atom. The van der Waals surface area contributed by atoms with Gasteiger partial charge in [0.25, 0.3) is 0 Å². The number of nitrogens with zero attached hydrogens (tertiary/aromatic N) is 2. The maximum absolute atomic E-state index is 12.9. The third-order valence-corrected chi connectivity index (χ3v) is 5.06. The quantitative estimate of drug-likeness (QED) is 0.908. The summed E-state index contributed by atoms with van der Waals surface area (Å²) in [6.45, 7) is 2.92. The normalized spacial score (nSPS) is 27.0. The van der Waals surface area contributed by atoms with Crippen molar-refractivity contribution in [1.82, 2.24) is 15.3 Å². The lowest BCUT2D eigenvalue weighted by Crippen LogP contribution is -2.36. The number of aromatic nitrogens is 2. The van der Waals surface area contributed by atoms with Gasteiger partial charge in [-0.2, -0.15) is 0 Å². The van der Waals surface area contributed by atoms with Crippen LogP contribution in [0.4, 0.5) is 4.39 Å². The van der Waals surface area contributed by atoms with E-state index in [0.29, 0.717) is 12.0 Å². The van der Waals surface area contributed by atoms with Crippen LogP contribution in [0.5, 0.6) is 0 Å². The van der Waals surface area contributed by atoms with Gasteiger partial charge < -0.3 is 10.1 Å². The second-order valence-electron chi connectivity index (χ2n) is 6.61. The Morgan fingerprint density at radius 1 is 1.05 bits per heavy atom. The second kappa shape index (κ2) is 7.97. The van der Waals surface area contributed by atoms with Crippen LogP contribution in [0.1, 0.15) is 56.7 Å². The molecular weight excluding hydrogens is 281 g/mol. The second-order valence-corrected chi connectivity index (χ2v) is 6.61. The standard InChI is InChI=1S/C17H26FN3O/c18-15-11-20-17(21-12-15)14-3-1-13(2-4-14)5-8-19-16-6-9-22-10-7-16/h11-14,16,19H,1-10H2/t13-,14-. The third kappa shape index (κ3) is 4.46. The highest BCUT2D eigenvalue weighted by Gasteiger charge is 2.24. The zero-order valence-corrected chi connectivity index (χ0v) is 13.1. The Kier molecular flexibility index (Phi) is 5.73. The molecule has 22 heavy (non-hydrogen) atoms. The van der Waals surface area contributed by atoms with Crippen molar-refractivity contribution in [2.75, 3.05) is 19.8 Å². The average molecular weight is 307 g/mol. The van der Waals surface area contributed by atoms with Crippen LogP contribution in [0.3, 0.4) is 0 Å². The number of hydrogen-bond donors (Lipinski definition) is 1. The molecule has 2 heterocycles. The molecule has 1 aromatic heterocycles. The summed E-state index contributed by atoms with van der Waals surface area (Å²) in [6.07, 6.45) is 10.9. The zero-order chi connectivity index (χ0) is 15.2. The molecule has 4 nitrogen and oxygen atoms in total. The number of nitrogens with one attached hydrogen (secondary N) is 1. The van der Waals surface area contributed by atoms with Gasteiger partial charge in [0, 0.05) is 25.2 Å². The van der Waals surface area contributed by atoms with E-state index >= 15 is 0 Å². The van der Waals surface area contributed by atoms with Crippen molar-refractivity contribution in [3.05, 3.63) is 24.0 Å². The maximum Gasteiger partial charge on any atom is 0.159 e. The van der Waals surface area contributed by atoms with Gasteiger partial charge in [-0.15, -0.1) is 0 Å². The summed E-state index contributed by atoms with van der Waals surface area (Å²) >= 11 is 0. The minimum absolute atomic E-state index is 0.350. The summed E-state index contributed by atoms with van der Waals surface area (Å²) in [7, 11) is 0. The summed E-state index contributed by atoms with van der Waals surface area (Å²) in [4.78, 5) is 8.28. The highest BCUT2D eigenvalue weighted by atomic mass is 19.1. The minimum Gasteiger partial charge on any atom is -0.381 e. The lowest BCUT2D eigenvalue weighted by Gasteiger charge is -2.29. The summed E-state index contributed by atoms with van der Waals surface area (Å²) < 4.78 is 18.3. The predicted octanol–water partition coefficient (Wildman–Crippen LogP) is 3.05. The fourth-order valence-corrected chi connectivity index (χ4v) is 3.64. The van der Waals surface area contributed by atoms with Gasteiger partial charge in [-0.1, -0.05) is 0 Å². The van der Waals surface area contributed by atoms with Gasteiger partial charge >= 0.3 is 0 Å². The molecule has 0 bridgehead atoms.